The van der Waals surface area contributed by atoms with Crippen molar-refractivity contribution in [2.75, 3.05) is 39.6 Å². The summed E-state index contributed by atoms with van der Waals surface area (Å²) >= 11 is 2.33. The minimum atomic E-state index is -1.04. The molecule has 0 amide bonds. The molecule has 444 valence electrons. The molecule has 2 saturated carbocycles. The van der Waals surface area contributed by atoms with Crippen LogP contribution in [-0.2, 0) is 89.2 Å². The first kappa shape index (κ1) is 64.7. The molecule has 2 aliphatic carbocycles. The third-order valence-corrected chi connectivity index (χ3v) is 16.4. The van der Waals surface area contributed by atoms with Gasteiger partial charge in [-0.15, -0.1) is 23.5 Å². The summed E-state index contributed by atoms with van der Waals surface area (Å²) in [5, 5.41) is 19.5. The van der Waals surface area contributed by atoms with Crippen molar-refractivity contribution in [2.24, 2.45) is 29.6 Å². The van der Waals surface area contributed by atoms with Gasteiger partial charge < -0.3 is 47.4 Å². The first-order valence-corrected chi connectivity index (χ1v) is 28.9. The van der Waals surface area contributed by atoms with Crippen LogP contribution in [0.15, 0.2) is 95.8 Å². The molecule has 2 fully saturated rings. The van der Waals surface area contributed by atoms with Crippen LogP contribution in [-0.4, -0.2) is 104 Å². The van der Waals surface area contributed by atoms with Crippen LogP contribution < -0.4 is 18.9 Å². The van der Waals surface area contributed by atoms with Gasteiger partial charge in [-0.25, -0.2) is 9.59 Å². The molecule has 0 N–H and O–H groups in total. The summed E-state index contributed by atoms with van der Waals surface area (Å²) < 4.78 is 52.2. The second-order valence-corrected chi connectivity index (χ2v) is 21.9. The fourth-order valence-electron chi connectivity index (χ4n) is 8.79. The lowest BCUT2D eigenvalue weighted by molar-refractivity contribution is -0.152. The SMILES string of the molecule is C=CC(=O)OCCOC(=O)CCC(=O)OCCc1ccc(OC(=O)C2CCC(C(=O)Oc3ccc(OC(=O)C4CCC(C(=O)Oc5ccc(CCOC(=O)CCC(=O)OCCOC(=O)C=C)cc5)CC4)c4c3SC(C(C#N)C#N)S4)CC2)cc1. The van der Waals surface area contributed by atoms with Crippen molar-refractivity contribution in [3.8, 4) is 35.1 Å². The number of ether oxygens (including phenoxy) is 10. The molecule has 1 aliphatic heterocycles. The summed E-state index contributed by atoms with van der Waals surface area (Å²) in [5.41, 5.74) is 1.61. The number of rotatable bonds is 29. The number of fused-ring (bicyclic) bond motifs is 1. The normalized spacial score (nSPS) is 17.7. The Labute approximate surface area is 492 Å². The van der Waals surface area contributed by atoms with E-state index in [1.54, 1.807) is 48.5 Å². The van der Waals surface area contributed by atoms with E-state index < -0.39 is 93.9 Å². The van der Waals surface area contributed by atoms with Crippen LogP contribution >= 0.6 is 23.5 Å². The molecule has 1 heterocycles. The van der Waals surface area contributed by atoms with Gasteiger partial charge in [0.1, 0.15) is 49.4 Å². The number of nitriles is 2. The van der Waals surface area contributed by atoms with Crippen LogP contribution in [0.5, 0.6) is 23.0 Å². The Morgan fingerprint density at radius 2 is 0.738 bits per heavy atom. The first-order chi connectivity index (χ1) is 40.5. The Hall–Kier alpha value is -8.48. The molecule has 3 aromatic carbocycles. The van der Waals surface area contributed by atoms with Gasteiger partial charge in [-0.1, -0.05) is 37.4 Å². The molecule has 3 aliphatic rings. The summed E-state index contributed by atoms with van der Waals surface area (Å²) in [6.07, 6.45) is 4.80. The number of nitrogens with zero attached hydrogens (tertiary/aromatic N) is 2. The third kappa shape index (κ3) is 20.7. The zero-order valence-corrected chi connectivity index (χ0v) is 47.5. The van der Waals surface area contributed by atoms with Gasteiger partial charge in [0, 0.05) is 25.0 Å². The lowest BCUT2D eigenvalue weighted by atomic mass is 9.82. The fraction of sp³-hybridized carbons (Fsp3) is 0.433. The predicted octanol–water partition coefficient (Wildman–Crippen LogP) is 7.79. The van der Waals surface area contributed by atoms with Crippen molar-refractivity contribution in [1.82, 2.24) is 0 Å². The number of benzene rings is 3. The highest BCUT2D eigenvalue weighted by Gasteiger charge is 2.39. The average molecular weight is 1200 g/mol. The smallest absolute Gasteiger partial charge is 0.330 e. The number of carbonyl (C=O) groups excluding carboxylic acids is 10. The maximum Gasteiger partial charge on any atom is 0.330 e. The van der Waals surface area contributed by atoms with Gasteiger partial charge in [-0.3, -0.25) is 38.4 Å². The van der Waals surface area contributed by atoms with Crippen LogP contribution in [0.1, 0.15) is 88.2 Å². The van der Waals surface area contributed by atoms with Crippen molar-refractivity contribution in [3.05, 3.63) is 97.1 Å². The molecule has 0 saturated heterocycles. The molecule has 0 atom stereocenters. The highest BCUT2D eigenvalue weighted by molar-refractivity contribution is 8.19. The van der Waals surface area contributed by atoms with Crippen molar-refractivity contribution in [1.29, 1.82) is 10.5 Å². The van der Waals surface area contributed by atoms with E-state index in [4.69, 9.17) is 47.4 Å². The van der Waals surface area contributed by atoms with E-state index in [-0.39, 0.29) is 76.8 Å². The summed E-state index contributed by atoms with van der Waals surface area (Å²) in [4.78, 5) is 124. The zero-order valence-electron chi connectivity index (χ0n) is 45.8. The van der Waals surface area contributed by atoms with Crippen LogP contribution in [0.25, 0.3) is 0 Å². The van der Waals surface area contributed by atoms with E-state index in [0.717, 1.165) is 23.3 Å². The lowest BCUT2D eigenvalue weighted by Gasteiger charge is -2.26. The van der Waals surface area contributed by atoms with Gasteiger partial charge in [0.15, 0.2) is 5.92 Å². The Morgan fingerprint density at radius 1 is 0.440 bits per heavy atom. The standard InChI is InChI=1S/C60H62N2O20S2/c1-3-48(63)75-31-33-77-52(67)25-23-50(65)73-29-27-37-5-17-44(18-6-37)79-56(69)39-9-13-41(14-10-39)58(71)81-46-21-22-47(55-54(46)83-60(84-55)43(35-61)36-62)82-59(72)42-15-11-40(12-16-42)57(70)80-45-19-7-38(8-20-45)28-30-74-51(66)24-26-53(68)78-34-32-76-49(64)4-2/h3-8,17-22,39-43,60H,1-2,9-16,23-34H2. The van der Waals surface area contributed by atoms with Crippen molar-refractivity contribution in [2.45, 2.75) is 104 Å². The number of hydrogen-bond acceptors (Lipinski definition) is 24. The molecule has 0 aromatic heterocycles. The van der Waals surface area contributed by atoms with E-state index in [0.29, 0.717) is 85.5 Å². The molecule has 0 spiro atoms. The fourth-order valence-corrected chi connectivity index (χ4v) is 11.7. The average Bonchev–Trinajstić information content (AvgIpc) is 3.51. The molecule has 22 nitrogen and oxygen atoms in total. The molecule has 84 heavy (non-hydrogen) atoms. The minimum Gasteiger partial charge on any atom is -0.465 e. The molecule has 0 radical (unpaired) electrons. The quantitative estimate of drug-likeness (QED) is 0.0210. The summed E-state index contributed by atoms with van der Waals surface area (Å²) in [7, 11) is 0. The van der Waals surface area contributed by atoms with E-state index in [2.05, 4.69) is 13.2 Å². The third-order valence-electron chi connectivity index (χ3n) is 13.4. The second kappa shape index (κ2) is 33.6. The van der Waals surface area contributed by atoms with Crippen LogP contribution in [0, 0.1) is 52.3 Å². The van der Waals surface area contributed by atoms with Gasteiger partial charge in [-0.2, -0.15) is 10.5 Å². The van der Waals surface area contributed by atoms with Crippen LogP contribution in [0.4, 0.5) is 0 Å². The lowest BCUT2D eigenvalue weighted by Crippen LogP contribution is -2.30. The number of hydrogen-bond donors (Lipinski definition) is 0. The Morgan fingerprint density at radius 3 is 1.05 bits per heavy atom. The zero-order chi connectivity index (χ0) is 60.4. The highest BCUT2D eigenvalue weighted by Crippen LogP contribution is 2.58. The van der Waals surface area contributed by atoms with Gasteiger partial charge >= 0.3 is 59.7 Å². The number of thioether (sulfide) groups is 2. The van der Waals surface area contributed by atoms with Gasteiger partial charge in [0.2, 0.25) is 0 Å². The van der Waals surface area contributed by atoms with E-state index in [1.165, 1.54) is 35.7 Å². The number of carbonyl (C=O) groups is 10. The molecular weight excluding hydrogens is 1130 g/mol. The molecular formula is C60H62N2O20S2. The Kier molecular flexibility index (Phi) is 25.9. The summed E-state index contributed by atoms with van der Waals surface area (Å²) in [6.45, 7) is 6.06. The molecule has 0 bridgehead atoms. The van der Waals surface area contributed by atoms with Gasteiger partial charge in [0.05, 0.1) is 89.1 Å². The highest BCUT2D eigenvalue weighted by atomic mass is 32.2. The van der Waals surface area contributed by atoms with Gasteiger partial charge in [-0.05, 0) is 98.9 Å². The van der Waals surface area contributed by atoms with Crippen molar-refractivity contribution in [3.63, 3.8) is 0 Å². The Bertz CT molecular complexity index is 2770. The van der Waals surface area contributed by atoms with Crippen molar-refractivity contribution >= 4 is 83.2 Å². The maximum absolute atomic E-state index is 13.7. The summed E-state index contributed by atoms with van der Waals surface area (Å²) in [5.74, 6) is -7.72. The van der Waals surface area contributed by atoms with Gasteiger partial charge in [0.25, 0.3) is 0 Å². The van der Waals surface area contributed by atoms with E-state index >= 15 is 0 Å². The van der Waals surface area contributed by atoms with E-state index in [1.807, 2.05) is 12.1 Å². The minimum absolute atomic E-state index is 0.0532. The Balaban J connectivity index is 0.897. The topological polar surface area (TPSA) is 311 Å². The molecule has 0 unspecified atom stereocenters. The van der Waals surface area contributed by atoms with Crippen LogP contribution in [0.3, 0.4) is 0 Å². The first-order valence-electron chi connectivity index (χ1n) is 27.1. The second-order valence-electron chi connectivity index (χ2n) is 19.3. The predicted molar refractivity (Wildman–Crippen MR) is 295 cm³/mol. The molecule has 24 heteroatoms. The monoisotopic (exact) mass is 1190 g/mol. The van der Waals surface area contributed by atoms with Crippen molar-refractivity contribution < 1.29 is 95.3 Å². The van der Waals surface area contributed by atoms with E-state index in [9.17, 15) is 58.5 Å². The molecule has 3 aromatic rings. The summed E-state index contributed by atoms with van der Waals surface area (Å²) in [6, 6.07) is 20.4. The van der Waals surface area contributed by atoms with Crippen LogP contribution in [0.2, 0.25) is 0 Å². The number of esters is 10. The maximum atomic E-state index is 13.7. The molecule has 6 rings (SSSR count). The largest absolute Gasteiger partial charge is 0.465 e.